The quantitative estimate of drug-likeness (QED) is 0.538. The van der Waals surface area contributed by atoms with Crippen molar-refractivity contribution in [3.8, 4) is 0 Å². The Kier molecular flexibility index (Phi) is 3.52. The minimum atomic E-state index is -0.124. The number of hydrogen-bond donors (Lipinski definition) is 0. The zero-order chi connectivity index (χ0) is 14.3. The normalized spacial score (nSPS) is 10.9. The van der Waals surface area contributed by atoms with Crippen molar-refractivity contribution < 1.29 is 9.21 Å². The van der Waals surface area contributed by atoms with Crippen LogP contribution < -0.4 is 0 Å². The summed E-state index contributed by atoms with van der Waals surface area (Å²) in [5.41, 5.74) is 2.46. The second-order valence-corrected chi connectivity index (χ2v) is 6.47. The Labute approximate surface area is 133 Å². The van der Waals surface area contributed by atoms with Gasteiger partial charge in [-0.1, -0.05) is 43.5 Å². The van der Waals surface area contributed by atoms with E-state index in [1.54, 1.807) is 18.2 Å². The SMILES string of the molecule is Cc1ccc2oc(C(=O)c3cc(Br)cc(Br)c3)cc2c1. The van der Waals surface area contributed by atoms with Gasteiger partial charge in [0.2, 0.25) is 5.78 Å². The van der Waals surface area contributed by atoms with Crippen LogP contribution in [0.3, 0.4) is 0 Å². The van der Waals surface area contributed by atoms with E-state index in [0.29, 0.717) is 11.3 Å². The molecule has 100 valence electrons. The largest absolute Gasteiger partial charge is 0.453 e. The highest BCUT2D eigenvalue weighted by Gasteiger charge is 2.15. The summed E-state index contributed by atoms with van der Waals surface area (Å²) in [7, 11) is 0. The molecule has 3 rings (SSSR count). The Morgan fingerprint density at radius 2 is 1.70 bits per heavy atom. The molecule has 1 aromatic heterocycles. The van der Waals surface area contributed by atoms with Gasteiger partial charge in [-0.15, -0.1) is 0 Å². The summed E-state index contributed by atoms with van der Waals surface area (Å²) >= 11 is 6.77. The molecule has 0 bridgehead atoms. The Balaban J connectivity index is 2.07. The maximum Gasteiger partial charge on any atom is 0.228 e. The van der Waals surface area contributed by atoms with Crippen LogP contribution in [0.1, 0.15) is 21.7 Å². The van der Waals surface area contributed by atoms with Gasteiger partial charge in [0.1, 0.15) is 5.58 Å². The smallest absolute Gasteiger partial charge is 0.228 e. The summed E-state index contributed by atoms with van der Waals surface area (Å²) in [4.78, 5) is 12.5. The molecule has 2 aromatic carbocycles. The van der Waals surface area contributed by atoms with Gasteiger partial charge in [-0.05, 0) is 43.3 Å². The first kappa shape index (κ1) is 13.6. The summed E-state index contributed by atoms with van der Waals surface area (Å²) < 4.78 is 7.34. The minimum Gasteiger partial charge on any atom is -0.453 e. The first-order chi connectivity index (χ1) is 9.52. The fraction of sp³-hybridized carbons (Fsp3) is 0.0625. The highest BCUT2D eigenvalue weighted by molar-refractivity contribution is 9.11. The molecule has 2 nitrogen and oxygen atoms in total. The zero-order valence-corrected chi connectivity index (χ0v) is 13.8. The third-order valence-electron chi connectivity index (χ3n) is 3.02. The molecule has 4 heteroatoms. The minimum absolute atomic E-state index is 0.124. The Hall–Kier alpha value is -1.39. The van der Waals surface area contributed by atoms with Crippen LogP contribution in [0, 0.1) is 6.92 Å². The Morgan fingerprint density at radius 3 is 2.40 bits per heavy atom. The molecule has 0 atom stereocenters. The molecule has 0 unspecified atom stereocenters. The van der Waals surface area contributed by atoms with E-state index in [1.807, 2.05) is 31.2 Å². The molecule has 0 spiro atoms. The number of halogens is 2. The van der Waals surface area contributed by atoms with E-state index < -0.39 is 0 Å². The van der Waals surface area contributed by atoms with E-state index in [0.717, 1.165) is 25.5 Å². The molecule has 0 saturated heterocycles. The summed E-state index contributed by atoms with van der Waals surface area (Å²) in [6, 6.07) is 13.1. The number of benzene rings is 2. The van der Waals surface area contributed by atoms with Crippen molar-refractivity contribution in [3.05, 3.63) is 68.3 Å². The molecule has 0 aliphatic heterocycles. The zero-order valence-electron chi connectivity index (χ0n) is 10.6. The topological polar surface area (TPSA) is 30.2 Å². The molecule has 0 N–H and O–H groups in total. The van der Waals surface area contributed by atoms with Gasteiger partial charge in [0.05, 0.1) is 0 Å². The number of carbonyl (C=O) groups is 1. The lowest BCUT2D eigenvalue weighted by atomic mass is 10.1. The van der Waals surface area contributed by atoms with E-state index in [1.165, 1.54) is 0 Å². The molecule has 0 radical (unpaired) electrons. The molecule has 0 aliphatic rings. The number of ketones is 1. The Bertz CT molecular complexity index is 798. The van der Waals surface area contributed by atoms with E-state index >= 15 is 0 Å². The van der Waals surface area contributed by atoms with E-state index in [9.17, 15) is 4.79 Å². The van der Waals surface area contributed by atoms with Crippen LogP contribution in [0.25, 0.3) is 11.0 Å². The molecule has 0 aliphatic carbocycles. The average Bonchev–Trinajstić information content (AvgIpc) is 2.79. The predicted molar refractivity (Wildman–Crippen MR) is 86.2 cm³/mol. The summed E-state index contributed by atoms with van der Waals surface area (Å²) in [5, 5.41) is 0.947. The van der Waals surface area contributed by atoms with Crippen molar-refractivity contribution in [2.75, 3.05) is 0 Å². The molecular formula is C16H10Br2O2. The maximum atomic E-state index is 12.5. The van der Waals surface area contributed by atoms with Gasteiger partial charge >= 0.3 is 0 Å². The van der Waals surface area contributed by atoms with Crippen LogP contribution in [-0.2, 0) is 0 Å². The molecule has 0 amide bonds. The lowest BCUT2D eigenvalue weighted by molar-refractivity contribution is 0.101. The third kappa shape index (κ3) is 2.58. The molecular weight excluding hydrogens is 384 g/mol. The van der Waals surface area contributed by atoms with E-state index in [4.69, 9.17) is 4.42 Å². The fourth-order valence-corrected chi connectivity index (χ4v) is 3.40. The van der Waals surface area contributed by atoms with Crippen LogP contribution in [0.2, 0.25) is 0 Å². The van der Waals surface area contributed by atoms with Crippen LogP contribution in [0.4, 0.5) is 0 Å². The number of carbonyl (C=O) groups excluding carboxylic acids is 1. The van der Waals surface area contributed by atoms with Crippen LogP contribution in [0.5, 0.6) is 0 Å². The summed E-state index contributed by atoms with van der Waals surface area (Å²) in [6.45, 7) is 2.01. The van der Waals surface area contributed by atoms with Crippen molar-refractivity contribution in [2.45, 2.75) is 6.92 Å². The summed E-state index contributed by atoms with van der Waals surface area (Å²) in [6.07, 6.45) is 0. The van der Waals surface area contributed by atoms with Crippen molar-refractivity contribution in [1.82, 2.24) is 0 Å². The molecule has 1 heterocycles. The average molecular weight is 394 g/mol. The van der Waals surface area contributed by atoms with Crippen LogP contribution >= 0.6 is 31.9 Å². The van der Waals surface area contributed by atoms with Gasteiger partial charge in [-0.3, -0.25) is 4.79 Å². The fourth-order valence-electron chi connectivity index (χ4n) is 2.10. The van der Waals surface area contributed by atoms with Crippen molar-refractivity contribution in [3.63, 3.8) is 0 Å². The van der Waals surface area contributed by atoms with Crippen molar-refractivity contribution >= 4 is 48.6 Å². The molecule has 0 fully saturated rings. The molecule has 20 heavy (non-hydrogen) atoms. The number of fused-ring (bicyclic) bond motifs is 1. The van der Waals surface area contributed by atoms with Gasteiger partial charge in [0.25, 0.3) is 0 Å². The van der Waals surface area contributed by atoms with Gasteiger partial charge in [-0.2, -0.15) is 0 Å². The molecule has 3 aromatic rings. The standard InChI is InChI=1S/C16H10Br2O2/c1-9-2-3-14-10(4-9)7-15(20-14)16(19)11-5-12(17)8-13(18)6-11/h2-8H,1H3. The lowest BCUT2D eigenvalue weighted by Gasteiger charge is -2.00. The van der Waals surface area contributed by atoms with Crippen molar-refractivity contribution in [1.29, 1.82) is 0 Å². The van der Waals surface area contributed by atoms with Crippen LogP contribution in [0.15, 0.2) is 55.8 Å². The van der Waals surface area contributed by atoms with Gasteiger partial charge < -0.3 is 4.42 Å². The lowest BCUT2D eigenvalue weighted by Crippen LogP contribution is -1.99. The highest BCUT2D eigenvalue weighted by Crippen LogP contribution is 2.25. The number of rotatable bonds is 2. The van der Waals surface area contributed by atoms with Gasteiger partial charge in [-0.25, -0.2) is 0 Å². The number of hydrogen-bond acceptors (Lipinski definition) is 2. The maximum absolute atomic E-state index is 12.5. The monoisotopic (exact) mass is 392 g/mol. The van der Waals surface area contributed by atoms with Gasteiger partial charge in [0, 0.05) is 19.9 Å². The van der Waals surface area contributed by atoms with Crippen LogP contribution in [-0.4, -0.2) is 5.78 Å². The first-order valence-electron chi connectivity index (χ1n) is 6.04. The second-order valence-electron chi connectivity index (χ2n) is 4.64. The first-order valence-corrected chi connectivity index (χ1v) is 7.62. The van der Waals surface area contributed by atoms with Gasteiger partial charge in [0.15, 0.2) is 5.76 Å². The highest BCUT2D eigenvalue weighted by atomic mass is 79.9. The van der Waals surface area contributed by atoms with Crippen molar-refractivity contribution in [2.24, 2.45) is 0 Å². The summed E-state index contributed by atoms with van der Waals surface area (Å²) in [5.74, 6) is 0.233. The van der Waals surface area contributed by atoms with E-state index in [2.05, 4.69) is 31.9 Å². The Morgan fingerprint density at radius 1 is 1.00 bits per heavy atom. The second kappa shape index (κ2) is 5.19. The number of aryl methyl sites for hydroxylation is 1. The molecule has 0 saturated carbocycles. The van der Waals surface area contributed by atoms with E-state index in [-0.39, 0.29) is 5.78 Å². The predicted octanol–water partition coefficient (Wildman–Crippen LogP) is 5.50. The number of furan rings is 1. The third-order valence-corrected chi connectivity index (χ3v) is 3.94.